The topological polar surface area (TPSA) is 122 Å². The van der Waals surface area contributed by atoms with Crippen molar-refractivity contribution in [1.82, 2.24) is 10.6 Å². The number of likely N-dealkylation sites (N-methyl/N-ethyl adjacent to an activating group) is 1. The summed E-state index contributed by atoms with van der Waals surface area (Å²) in [6.07, 6.45) is -3.40. The van der Waals surface area contributed by atoms with Gasteiger partial charge in [0.15, 0.2) is 0 Å². The van der Waals surface area contributed by atoms with E-state index in [0.717, 1.165) is 17.5 Å². The number of aryl methyl sites for hydroxylation is 1. The monoisotopic (exact) mass is 453 g/mol. The van der Waals surface area contributed by atoms with Gasteiger partial charge in [-0.2, -0.15) is 13.2 Å². The van der Waals surface area contributed by atoms with Crippen LogP contribution in [0, 0.1) is 0 Å². The summed E-state index contributed by atoms with van der Waals surface area (Å²) in [5, 5.41) is 12.5. The number of hydrogen-bond donors (Lipinski definition) is 4. The molecule has 0 fully saturated rings. The van der Waals surface area contributed by atoms with Gasteiger partial charge in [-0.25, -0.2) is 4.79 Å². The van der Waals surface area contributed by atoms with E-state index >= 15 is 0 Å². The summed E-state index contributed by atoms with van der Waals surface area (Å²) in [4.78, 5) is 33.4. The summed E-state index contributed by atoms with van der Waals surface area (Å²) in [5.74, 6) is -3.29. The Morgan fingerprint density at radius 1 is 0.938 bits per heavy atom. The van der Waals surface area contributed by atoms with Crippen molar-refractivity contribution in [2.75, 3.05) is 7.05 Å². The van der Waals surface area contributed by atoms with E-state index in [1.807, 2.05) is 60.7 Å². The van der Waals surface area contributed by atoms with Crippen LogP contribution >= 0.6 is 0 Å². The first kappa shape index (κ1) is 26.6. The average Bonchev–Trinajstić information content (AvgIpc) is 2.77. The highest BCUT2D eigenvalue weighted by molar-refractivity contribution is 5.89. The number of rotatable bonds is 8. The lowest BCUT2D eigenvalue weighted by Crippen LogP contribution is -2.52. The highest BCUT2D eigenvalue weighted by atomic mass is 19.4. The Kier molecular flexibility index (Phi) is 10.9. The van der Waals surface area contributed by atoms with Gasteiger partial charge < -0.3 is 21.5 Å². The summed E-state index contributed by atoms with van der Waals surface area (Å²) in [7, 11) is 1.56. The van der Waals surface area contributed by atoms with E-state index in [1.54, 1.807) is 7.05 Å². The van der Waals surface area contributed by atoms with Crippen LogP contribution in [0.1, 0.15) is 17.5 Å². The second kappa shape index (κ2) is 13.1. The third kappa shape index (κ3) is 10.1. The molecule has 7 nitrogen and oxygen atoms in total. The van der Waals surface area contributed by atoms with E-state index in [4.69, 9.17) is 15.6 Å². The lowest BCUT2D eigenvalue weighted by atomic mass is 10.0. The van der Waals surface area contributed by atoms with Crippen LogP contribution in [-0.2, 0) is 27.2 Å². The number of alkyl halides is 3. The number of carboxylic acids is 1. The minimum absolute atomic E-state index is 0.229. The van der Waals surface area contributed by atoms with Crippen LogP contribution in [0.25, 0.3) is 0 Å². The number of nitrogens with one attached hydrogen (secondary N) is 2. The van der Waals surface area contributed by atoms with Crippen molar-refractivity contribution in [1.29, 1.82) is 0 Å². The van der Waals surface area contributed by atoms with Crippen LogP contribution in [0.15, 0.2) is 60.7 Å². The first-order valence-corrected chi connectivity index (χ1v) is 9.70. The molecule has 0 aliphatic carbocycles. The molecule has 2 amide bonds. The van der Waals surface area contributed by atoms with Gasteiger partial charge in [-0.15, -0.1) is 0 Å². The molecule has 2 aromatic carbocycles. The molecule has 0 spiro atoms. The van der Waals surface area contributed by atoms with Crippen molar-refractivity contribution in [3.63, 3.8) is 0 Å². The van der Waals surface area contributed by atoms with Crippen LogP contribution in [0.5, 0.6) is 0 Å². The zero-order chi connectivity index (χ0) is 24.1. The van der Waals surface area contributed by atoms with E-state index in [1.165, 1.54) is 0 Å². The van der Waals surface area contributed by atoms with Gasteiger partial charge in [0.1, 0.15) is 6.04 Å². The highest BCUT2D eigenvalue weighted by Gasteiger charge is 2.38. The molecule has 32 heavy (non-hydrogen) atoms. The lowest BCUT2D eigenvalue weighted by molar-refractivity contribution is -0.192. The number of carbonyl (C=O) groups excluding carboxylic acids is 2. The van der Waals surface area contributed by atoms with Crippen LogP contribution < -0.4 is 16.4 Å². The zero-order valence-electron chi connectivity index (χ0n) is 17.4. The molecule has 0 radical (unpaired) electrons. The predicted molar refractivity (Wildman–Crippen MR) is 113 cm³/mol. The Morgan fingerprint density at radius 2 is 1.41 bits per heavy atom. The van der Waals surface area contributed by atoms with Gasteiger partial charge in [-0.3, -0.25) is 9.59 Å². The summed E-state index contributed by atoms with van der Waals surface area (Å²) < 4.78 is 31.7. The fraction of sp³-hybridized carbons (Fsp3) is 0.318. The van der Waals surface area contributed by atoms with Crippen molar-refractivity contribution in [2.45, 2.75) is 37.5 Å². The van der Waals surface area contributed by atoms with E-state index in [-0.39, 0.29) is 11.8 Å². The minimum Gasteiger partial charge on any atom is -0.475 e. The zero-order valence-corrected chi connectivity index (χ0v) is 17.4. The Bertz CT molecular complexity index is 862. The molecule has 0 unspecified atom stereocenters. The molecule has 0 aromatic heterocycles. The number of hydrogen-bond acceptors (Lipinski definition) is 4. The first-order chi connectivity index (χ1) is 15.0. The lowest BCUT2D eigenvalue weighted by Gasteiger charge is -2.20. The van der Waals surface area contributed by atoms with Gasteiger partial charge >= 0.3 is 12.1 Å². The molecule has 2 aromatic rings. The number of nitrogens with two attached hydrogens (primary N) is 1. The molecule has 0 aliphatic rings. The quantitative estimate of drug-likeness (QED) is 0.488. The van der Waals surface area contributed by atoms with Gasteiger partial charge in [-0.1, -0.05) is 60.7 Å². The van der Waals surface area contributed by atoms with E-state index in [0.29, 0.717) is 12.8 Å². The van der Waals surface area contributed by atoms with E-state index < -0.39 is 24.2 Å². The molecule has 174 valence electrons. The molecule has 2 atom stereocenters. The summed E-state index contributed by atoms with van der Waals surface area (Å²) in [5.41, 5.74) is 8.12. The van der Waals surface area contributed by atoms with Gasteiger partial charge in [0.2, 0.25) is 11.8 Å². The first-order valence-electron chi connectivity index (χ1n) is 9.70. The number of benzene rings is 2. The van der Waals surface area contributed by atoms with Crippen LogP contribution in [0.2, 0.25) is 0 Å². The molecular formula is C22H26F3N3O4. The molecule has 0 saturated carbocycles. The Labute approximate surface area is 183 Å². The molecule has 5 N–H and O–H groups in total. The number of amides is 2. The fourth-order valence-electron chi connectivity index (χ4n) is 2.61. The van der Waals surface area contributed by atoms with E-state index in [2.05, 4.69) is 10.6 Å². The Balaban J connectivity index is 0.000000633. The van der Waals surface area contributed by atoms with Crippen molar-refractivity contribution in [3.05, 3.63) is 71.8 Å². The van der Waals surface area contributed by atoms with Crippen molar-refractivity contribution in [3.8, 4) is 0 Å². The number of aliphatic carboxylic acids is 1. The third-order valence-electron chi connectivity index (χ3n) is 4.33. The normalized spacial score (nSPS) is 12.5. The Morgan fingerprint density at radius 3 is 1.84 bits per heavy atom. The second-order valence-electron chi connectivity index (χ2n) is 6.80. The SMILES string of the molecule is CNC(=O)[C@H](Cc1ccccc1)NC(=O)[C@@H](N)CCc1ccccc1.O=C(O)C(F)(F)F. The summed E-state index contributed by atoms with van der Waals surface area (Å²) in [6.45, 7) is 0. The summed E-state index contributed by atoms with van der Waals surface area (Å²) >= 11 is 0. The maximum Gasteiger partial charge on any atom is 0.490 e. The van der Waals surface area contributed by atoms with Crippen LogP contribution in [0.3, 0.4) is 0 Å². The van der Waals surface area contributed by atoms with Gasteiger partial charge in [0, 0.05) is 13.5 Å². The van der Waals surface area contributed by atoms with Gasteiger partial charge in [0.25, 0.3) is 0 Å². The molecule has 0 saturated heterocycles. The largest absolute Gasteiger partial charge is 0.490 e. The van der Waals surface area contributed by atoms with Gasteiger partial charge in [0.05, 0.1) is 6.04 Å². The molecule has 0 heterocycles. The number of halogens is 3. The third-order valence-corrected chi connectivity index (χ3v) is 4.33. The molecule has 10 heteroatoms. The Hall–Kier alpha value is -3.40. The fourth-order valence-corrected chi connectivity index (χ4v) is 2.61. The predicted octanol–water partition coefficient (Wildman–Crippen LogP) is 2.05. The number of carboxylic acid groups (broad SMARTS) is 1. The molecule has 0 bridgehead atoms. The van der Waals surface area contributed by atoms with Crippen LogP contribution in [-0.4, -0.2) is 48.2 Å². The maximum atomic E-state index is 12.4. The van der Waals surface area contributed by atoms with Crippen LogP contribution in [0.4, 0.5) is 13.2 Å². The van der Waals surface area contributed by atoms with Gasteiger partial charge in [-0.05, 0) is 24.0 Å². The molecule has 2 rings (SSSR count). The van der Waals surface area contributed by atoms with E-state index in [9.17, 15) is 22.8 Å². The summed E-state index contributed by atoms with van der Waals surface area (Å²) in [6, 6.07) is 18.2. The highest BCUT2D eigenvalue weighted by Crippen LogP contribution is 2.13. The molecular weight excluding hydrogens is 427 g/mol. The van der Waals surface area contributed by atoms with Crippen molar-refractivity contribution >= 4 is 17.8 Å². The second-order valence-corrected chi connectivity index (χ2v) is 6.80. The van der Waals surface area contributed by atoms with Crippen molar-refractivity contribution in [2.24, 2.45) is 5.73 Å². The maximum absolute atomic E-state index is 12.4. The standard InChI is InChI=1S/C20H25N3O2.C2HF3O2/c1-22-20(25)18(14-16-10-6-3-7-11-16)23-19(24)17(21)13-12-15-8-4-2-5-9-15;3-2(4,5)1(6)7/h2-11,17-18H,12-14,21H2,1H3,(H,22,25)(H,23,24);(H,6,7)/t17-,18-;/m0./s1. The smallest absolute Gasteiger partial charge is 0.475 e. The average molecular weight is 453 g/mol. The molecule has 0 aliphatic heterocycles. The number of carbonyl (C=O) groups is 3. The minimum atomic E-state index is -5.08. The van der Waals surface area contributed by atoms with Crippen molar-refractivity contribution < 1.29 is 32.7 Å².